The van der Waals surface area contributed by atoms with E-state index in [2.05, 4.69) is 16.0 Å². The zero-order valence-electron chi connectivity index (χ0n) is 13.9. The van der Waals surface area contributed by atoms with Gasteiger partial charge in [-0.05, 0) is 49.1 Å². The summed E-state index contributed by atoms with van der Waals surface area (Å²) < 4.78 is 0. The number of amides is 3. The van der Waals surface area contributed by atoms with Crippen LogP contribution in [0, 0.1) is 0 Å². The highest BCUT2D eigenvalue weighted by Gasteiger charge is 2.12. The van der Waals surface area contributed by atoms with Crippen molar-refractivity contribution in [3.05, 3.63) is 71.8 Å². The quantitative estimate of drug-likeness (QED) is 0.771. The van der Waals surface area contributed by atoms with E-state index in [1.807, 2.05) is 60.7 Å². The van der Waals surface area contributed by atoms with Crippen molar-refractivity contribution in [3.63, 3.8) is 0 Å². The Labute approximate surface area is 147 Å². The molecule has 0 saturated carbocycles. The maximum atomic E-state index is 12.0. The molecule has 1 aliphatic rings. The second-order valence-electron chi connectivity index (χ2n) is 5.95. The van der Waals surface area contributed by atoms with Crippen molar-refractivity contribution in [1.82, 2.24) is 5.32 Å². The van der Waals surface area contributed by atoms with Gasteiger partial charge in [-0.15, -0.1) is 0 Å². The molecule has 1 aliphatic carbocycles. The van der Waals surface area contributed by atoms with Crippen LogP contribution in [0.1, 0.15) is 24.8 Å². The number of hydrogen-bond acceptors (Lipinski definition) is 2. The van der Waals surface area contributed by atoms with E-state index in [0.29, 0.717) is 12.2 Å². The van der Waals surface area contributed by atoms with Crippen molar-refractivity contribution >= 4 is 23.3 Å². The first kappa shape index (κ1) is 16.8. The largest absolute Gasteiger partial charge is 0.348 e. The lowest BCUT2D eigenvalue weighted by atomic mass is 10.2. The van der Waals surface area contributed by atoms with Crippen LogP contribution in [0.4, 0.5) is 16.2 Å². The van der Waals surface area contributed by atoms with Gasteiger partial charge in [0.15, 0.2) is 0 Å². The molecule has 0 radical (unpaired) electrons. The van der Waals surface area contributed by atoms with Gasteiger partial charge in [0.2, 0.25) is 5.91 Å². The van der Waals surface area contributed by atoms with Crippen molar-refractivity contribution in [2.45, 2.75) is 25.8 Å². The number of hydrogen-bond donors (Lipinski definition) is 3. The molecule has 3 amide bonds. The standard InChI is InChI=1S/C20H21N3O2/c24-19(16-8-4-5-9-16)21-14-15-7-6-12-18(13-15)23-20(25)22-17-10-2-1-3-11-17/h1-3,6-8,10-13H,4-5,9,14H2,(H,21,24)(H2,22,23,25). The van der Waals surface area contributed by atoms with E-state index in [4.69, 9.17) is 0 Å². The fourth-order valence-corrected chi connectivity index (χ4v) is 2.75. The first-order chi connectivity index (χ1) is 12.2. The Balaban J connectivity index is 1.54. The number of para-hydroxylation sites is 1. The molecule has 0 spiro atoms. The van der Waals surface area contributed by atoms with Gasteiger partial charge in [0.05, 0.1) is 0 Å². The number of benzene rings is 2. The van der Waals surface area contributed by atoms with Crippen LogP contribution < -0.4 is 16.0 Å². The van der Waals surface area contributed by atoms with Crippen molar-refractivity contribution in [1.29, 1.82) is 0 Å². The van der Waals surface area contributed by atoms with E-state index in [9.17, 15) is 9.59 Å². The van der Waals surface area contributed by atoms with E-state index in [-0.39, 0.29) is 11.9 Å². The molecule has 3 N–H and O–H groups in total. The predicted molar refractivity (Wildman–Crippen MR) is 99.3 cm³/mol. The van der Waals surface area contributed by atoms with Crippen molar-refractivity contribution in [2.75, 3.05) is 10.6 Å². The van der Waals surface area contributed by atoms with E-state index >= 15 is 0 Å². The van der Waals surface area contributed by atoms with E-state index in [1.54, 1.807) is 0 Å². The average Bonchev–Trinajstić information content (AvgIpc) is 3.15. The summed E-state index contributed by atoms with van der Waals surface area (Å²) in [6.45, 7) is 0.437. The summed E-state index contributed by atoms with van der Waals surface area (Å²) in [4.78, 5) is 24.1. The Morgan fingerprint density at radius 1 is 0.920 bits per heavy atom. The highest BCUT2D eigenvalue weighted by molar-refractivity contribution is 5.99. The molecule has 0 aromatic heterocycles. The predicted octanol–water partition coefficient (Wildman–Crippen LogP) is 4.06. The highest BCUT2D eigenvalue weighted by Crippen LogP contribution is 2.18. The minimum Gasteiger partial charge on any atom is -0.348 e. The molecule has 2 aromatic carbocycles. The van der Waals surface area contributed by atoms with Gasteiger partial charge in [-0.1, -0.05) is 36.4 Å². The lowest BCUT2D eigenvalue weighted by molar-refractivity contribution is -0.117. The summed E-state index contributed by atoms with van der Waals surface area (Å²) >= 11 is 0. The maximum absolute atomic E-state index is 12.0. The number of allylic oxidation sites excluding steroid dienone is 1. The second-order valence-corrected chi connectivity index (χ2v) is 5.95. The Kier molecular flexibility index (Phi) is 5.46. The third kappa shape index (κ3) is 4.94. The van der Waals surface area contributed by atoms with Gasteiger partial charge in [0, 0.05) is 23.5 Å². The van der Waals surface area contributed by atoms with Gasteiger partial charge < -0.3 is 16.0 Å². The molecular formula is C20H21N3O2. The Hall–Kier alpha value is -3.08. The molecule has 3 rings (SSSR count). The molecule has 0 atom stereocenters. The van der Waals surface area contributed by atoms with Crippen molar-refractivity contribution in [3.8, 4) is 0 Å². The summed E-state index contributed by atoms with van der Waals surface area (Å²) in [6.07, 6.45) is 4.89. The summed E-state index contributed by atoms with van der Waals surface area (Å²) in [5.41, 5.74) is 3.22. The van der Waals surface area contributed by atoms with Crippen LogP contribution in [0.3, 0.4) is 0 Å². The van der Waals surface area contributed by atoms with Gasteiger partial charge in [-0.25, -0.2) is 4.79 Å². The molecule has 0 bridgehead atoms. The molecule has 0 heterocycles. The Bertz CT molecular complexity index is 785. The highest BCUT2D eigenvalue weighted by atomic mass is 16.2. The number of nitrogens with one attached hydrogen (secondary N) is 3. The molecule has 2 aromatic rings. The van der Waals surface area contributed by atoms with Gasteiger partial charge in [-0.3, -0.25) is 4.79 Å². The van der Waals surface area contributed by atoms with Gasteiger partial charge in [0.1, 0.15) is 0 Å². The summed E-state index contributed by atoms with van der Waals surface area (Å²) in [6, 6.07) is 16.4. The van der Waals surface area contributed by atoms with Crippen LogP contribution in [-0.4, -0.2) is 11.9 Å². The topological polar surface area (TPSA) is 70.2 Å². The van der Waals surface area contributed by atoms with Crippen LogP contribution in [0.2, 0.25) is 0 Å². The van der Waals surface area contributed by atoms with Crippen LogP contribution in [0.25, 0.3) is 0 Å². The van der Waals surface area contributed by atoms with Crippen LogP contribution in [0.5, 0.6) is 0 Å². The molecule has 128 valence electrons. The summed E-state index contributed by atoms with van der Waals surface area (Å²) in [5, 5.41) is 8.50. The lowest BCUT2D eigenvalue weighted by Crippen LogP contribution is -2.24. The molecule has 5 nitrogen and oxygen atoms in total. The average molecular weight is 335 g/mol. The van der Waals surface area contributed by atoms with Gasteiger partial charge in [-0.2, -0.15) is 0 Å². The summed E-state index contributed by atoms with van der Waals surface area (Å²) in [7, 11) is 0. The van der Waals surface area contributed by atoms with E-state index in [0.717, 1.165) is 36.1 Å². The Morgan fingerprint density at radius 2 is 1.68 bits per heavy atom. The van der Waals surface area contributed by atoms with E-state index in [1.165, 1.54) is 0 Å². The van der Waals surface area contributed by atoms with Crippen LogP contribution in [0.15, 0.2) is 66.2 Å². The Morgan fingerprint density at radius 3 is 2.44 bits per heavy atom. The first-order valence-corrected chi connectivity index (χ1v) is 8.40. The monoisotopic (exact) mass is 335 g/mol. The minimum atomic E-state index is -0.302. The molecule has 0 unspecified atom stereocenters. The molecule has 0 fully saturated rings. The van der Waals surface area contributed by atoms with Crippen LogP contribution in [-0.2, 0) is 11.3 Å². The lowest BCUT2D eigenvalue weighted by Gasteiger charge is -2.10. The molecule has 25 heavy (non-hydrogen) atoms. The number of carbonyl (C=O) groups excluding carboxylic acids is 2. The molecule has 5 heteroatoms. The van der Waals surface area contributed by atoms with E-state index < -0.39 is 0 Å². The fraction of sp³-hybridized carbons (Fsp3) is 0.200. The van der Waals surface area contributed by atoms with Crippen molar-refractivity contribution < 1.29 is 9.59 Å². The maximum Gasteiger partial charge on any atom is 0.323 e. The molecular weight excluding hydrogens is 314 g/mol. The fourth-order valence-electron chi connectivity index (χ4n) is 2.75. The second kappa shape index (κ2) is 8.15. The third-order valence-electron chi connectivity index (χ3n) is 4.00. The number of carbonyl (C=O) groups is 2. The summed E-state index contributed by atoms with van der Waals surface area (Å²) in [5.74, 6) is -0.00215. The number of rotatable bonds is 5. The minimum absolute atomic E-state index is 0.00215. The first-order valence-electron chi connectivity index (χ1n) is 8.40. The molecule has 0 aliphatic heterocycles. The zero-order chi connectivity index (χ0) is 17.5. The number of anilines is 2. The van der Waals surface area contributed by atoms with Gasteiger partial charge >= 0.3 is 6.03 Å². The third-order valence-corrected chi connectivity index (χ3v) is 4.00. The molecule has 0 saturated heterocycles. The number of urea groups is 1. The normalized spacial score (nSPS) is 13.0. The van der Waals surface area contributed by atoms with Gasteiger partial charge in [0.25, 0.3) is 0 Å². The zero-order valence-corrected chi connectivity index (χ0v) is 13.9. The smallest absolute Gasteiger partial charge is 0.323 e. The SMILES string of the molecule is O=C(Nc1ccccc1)Nc1cccc(CNC(=O)C2=CCCC2)c1. The van der Waals surface area contributed by atoms with Crippen molar-refractivity contribution in [2.24, 2.45) is 0 Å². The van der Waals surface area contributed by atoms with Crippen LogP contribution >= 0.6 is 0 Å².